The molecule has 0 aliphatic heterocycles. The number of aromatic nitrogens is 1. The Kier molecular flexibility index (Phi) is 3.68. The number of ether oxygens (including phenoxy) is 2. The number of H-pyrrole nitrogens is 1. The number of alkyl halides is 1. The zero-order valence-electron chi connectivity index (χ0n) is 9.84. The number of rotatable bonds is 3. The van der Waals surface area contributed by atoms with Crippen molar-refractivity contribution in [3.63, 3.8) is 0 Å². The van der Waals surface area contributed by atoms with Crippen LogP contribution in [-0.2, 0) is 5.88 Å². The van der Waals surface area contributed by atoms with Gasteiger partial charge in [-0.25, -0.2) is 0 Å². The van der Waals surface area contributed by atoms with Crippen LogP contribution in [0.25, 0.3) is 10.9 Å². The molecule has 18 heavy (non-hydrogen) atoms. The van der Waals surface area contributed by atoms with Crippen molar-refractivity contribution in [3.05, 3.63) is 33.1 Å². The third-order valence-electron chi connectivity index (χ3n) is 2.65. The number of fused-ring (bicyclic) bond motifs is 1. The summed E-state index contributed by atoms with van der Waals surface area (Å²) in [6, 6.07) is 3.32. The summed E-state index contributed by atoms with van der Waals surface area (Å²) < 4.78 is 10.4. The standard InChI is InChI=1S/C12H11Cl2NO3/c1-17-9-4-8(14)11(18-2)10-7(9)3-6(5-13)12(16)15-10/h3-4H,5H2,1-2H3,(H,15,16). The number of hydrogen-bond acceptors (Lipinski definition) is 3. The summed E-state index contributed by atoms with van der Waals surface area (Å²) in [5, 5.41) is 1.07. The number of aromatic amines is 1. The molecule has 1 aromatic heterocycles. The maximum atomic E-state index is 11.8. The summed E-state index contributed by atoms with van der Waals surface area (Å²) in [4.78, 5) is 14.5. The predicted molar refractivity (Wildman–Crippen MR) is 72.2 cm³/mol. The van der Waals surface area contributed by atoms with Gasteiger partial charge in [-0.15, -0.1) is 11.6 Å². The number of halogens is 2. The van der Waals surface area contributed by atoms with Gasteiger partial charge in [0.1, 0.15) is 5.75 Å². The lowest BCUT2D eigenvalue weighted by molar-refractivity contribution is 0.410. The summed E-state index contributed by atoms with van der Waals surface area (Å²) in [5.41, 5.74) is 0.702. The van der Waals surface area contributed by atoms with Crippen molar-refractivity contribution < 1.29 is 9.47 Å². The molecule has 1 heterocycles. The highest BCUT2D eigenvalue weighted by Gasteiger charge is 2.14. The molecule has 0 spiro atoms. The van der Waals surface area contributed by atoms with Crippen LogP contribution in [0.2, 0.25) is 5.02 Å². The second kappa shape index (κ2) is 5.08. The van der Waals surface area contributed by atoms with Gasteiger partial charge in [0, 0.05) is 17.0 Å². The van der Waals surface area contributed by atoms with Crippen LogP contribution in [0.15, 0.2) is 16.9 Å². The van der Waals surface area contributed by atoms with Gasteiger partial charge in [-0.2, -0.15) is 0 Å². The van der Waals surface area contributed by atoms with Crippen LogP contribution in [-0.4, -0.2) is 19.2 Å². The van der Waals surface area contributed by atoms with E-state index in [1.165, 1.54) is 14.2 Å². The first kappa shape index (κ1) is 13.1. The molecular weight excluding hydrogens is 277 g/mol. The third kappa shape index (κ3) is 2.02. The topological polar surface area (TPSA) is 51.3 Å². The number of nitrogens with one attached hydrogen (secondary N) is 1. The molecule has 96 valence electrons. The Balaban J connectivity index is 2.93. The fourth-order valence-corrected chi connectivity index (χ4v) is 2.26. The largest absolute Gasteiger partial charge is 0.496 e. The van der Waals surface area contributed by atoms with E-state index in [-0.39, 0.29) is 11.4 Å². The number of benzene rings is 1. The summed E-state index contributed by atoms with van der Waals surface area (Å²) in [5.74, 6) is 1.09. The van der Waals surface area contributed by atoms with E-state index < -0.39 is 0 Å². The first-order chi connectivity index (χ1) is 8.62. The Hall–Kier alpha value is -1.39. The summed E-state index contributed by atoms with van der Waals surface area (Å²) >= 11 is 11.8. The van der Waals surface area contributed by atoms with Gasteiger partial charge in [-0.3, -0.25) is 4.79 Å². The predicted octanol–water partition coefficient (Wildman–Crippen LogP) is 2.94. The Bertz CT molecular complexity index is 652. The lowest BCUT2D eigenvalue weighted by Crippen LogP contribution is -2.11. The van der Waals surface area contributed by atoms with E-state index in [9.17, 15) is 4.79 Å². The molecule has 2 aromatic rings. The van der Waals surface area contributed by atoms with Crippen molar-refractivity contribution in [1.29, 1.82) is 0 Å². The minimum Gasteiger partial charge on any atom is -0.496 e. The van der Waals surface area contributed by atoms with Gasteiger partial charge in [-0.05, 0) is 6.07 Å². The number of methoxy groups -OCH3 is 2. The average Bonchev–Trinajstić information content (AvgIpc) is 2.37. The molecule has 2 rings (SSSR count). The van der Waals surface area contributed by atoms with Crippen LogP contribution in [0.4, 0.5) is 0 Å². The molecular formula is C12H11Cl2NO3. The molecule has 0 amide bonds. The molecule has 0 saturated heterocycles. The molecule has 0 unspecified atom stereocenters. The summed E-state index contributed by atoms with van der Waals surface area (Å²) in [6.45, 7) is 0. The molecule has 0 atom stereocenters. The van der Waals surface area contributed by atoms with Gasteiger partial charge in [0.2, 0.25) is 0 Å². The Morgan fingerprint density at radius 3 is 2.56 bits per heavy atom. The lowest BCUT2D eigenvalue weighted by Gasteiger charge is -2.12. The van der Waals surface area contributed by atoms with Crippen LogP contribution in [0.3, 0.4) is 0 Å². The molecule has 0 aliphatic rings. The number of hydrogen-bond donors (Lipinski definition) is 1. The SMILES string of the molecule is COc1cc(Cl)c(OC)c2[nH]c(=O)c(CCl)cc12. The van der Waals surface area contributed by atoms with Crippen LogP contribution >= 0.6 is 23.2 Å². The normalized spacial score (nSPS) is 10.7. The van der Waals surface area contributed by atoms with Gasteiger partial charge < -0.3 is 14.5 Å². The van der Waals surface area contributed by atoms with Gasteiger partial charge in [-0.1, -0.05) is 11.6 Å². The molecule has 1 N–H and O–H groups in total. The zero-order valence-corrected chi connectivity index (χ0v) is 11.4. The molecule has 4 nitrogen and oxygen atoms in total. The molecule has 0 aliphatic carbocycles. The minimum atomic E-state index is -0.264. The van der Waals surface area contributed by atoms with E-state index >= 15 is 0 Å². The summed E-state index contributed by atoms with van der Waals surface area (Å²) in [7, 11) is 3.02. The maximum absolute atomic E-state index is 11.8. The number of pyridine rings is 1. The van der Waals surface area contributed by atoms with Crippen molar-refractivity contribution in [2.75, 3.05) is 14.2 Å². The smallest absolute Gasteiger partial charge is 0.252 e. The maximum Gasteiger partial charge on any atom is 0.252 e. The second-order valence-electron chi connectivity index (χ2n) is 3.64. The van der Waals surface area contributed by atoms with Crippen LogP contribution in [0.1, 0.15) is 5.56 Å². The molecule has 1 aromatic carbocycles. The molecule has 0 bridgehead atoms. The van der Waals surface area contributed by atoms with Crippen LogP contribution in [0, 0.1) is 0 Å². The molecule has 0 saturated carbocycles. The van der Waals surface area contributed by atoms with E-state index in [4.69, 9.17) is 32.7 Å². The lowest BCUT2D eigenvalue weighted by atomic mass is 10.1. The van der Waals surface area contributed by atoms with Gasteiger partial charge >= 0.3 is 0 Å². The Morgan fingerprint density at radius 1 is 1.28 bits per heavy atom. The highest BCUT2D eigenvalue weighted by atomic mass is 35.5. The van der Waals surface area contributed by atoms with Crippen molar-refractivity contribution >= 4 is 34.1 Å². The first-order valence-electron chi connectivity index (χ1n) is 5.14. The van der Waals surface area contributed by atoms with Gasteiger partial charge in [0.15, 0.2) is 5.75 Å². The van der Waals surface area contributed by atoms with E-state index in [2.05, 4.69) is 4.98 Å². The van der Waals surface area contributed by atoms with Crippen molar-refractivity contribution in [3.8, 4) is 11.5 Å². The Labute approximate surface area is 113 Å². The highest BCUT2D eigenvalue weighted by Crippen LogP contribution is 2.38. The highest BCUT2D eigenvalue weighted by molar-refractivity contribution is 6.33. The molecule has 0 radical (unpaired) electrons. The monoisotopic (exact) mass is 287 g/mol. The third-order valence-corrected chi connectivity index (χ3v) is 3.22. The van der Waals surface area contributed by atoms with Crippen molar-refractivity contribution in [1.82, 2.24) is 4.98 Å². The molecule has 0 fully saturated rings. The molecule has 6 heteroatoms. The van der Waals surface area contributed by atoms with E-state index in [1.54, 1.807) is 12.1 Å². The first-order valence-corrected chi connectivity index (χ1v) is 6.06. The van der Waals surface area contributed by atoms with Gasteiger partial charge in [0.05, 0.1) is 30.6 Å². The summed E-state index contributed by atoms with van der Waals surface area (Å²) in [6.07, 6.45) is 0. The second-order valence-corrected chi connectivity index (χ2v) is 4.31. The van der Waals surface area contributed by atoms with Crippen LogP contribution in [0.5, 0.6) is 11.5 Å². The average molecular weight is 288 g/mol. The van der Waals surface area contributed by atoms with E-state index in [0.717, 1.165) is 0 Å². The fraction of sp³-hybridized carbons (Fsp3) is 0.250. The van der Waals surface area contributed by atoms with E-state index in [1.807, 2.05) is 0 Å². The minimum absolute atomic E-state index is 0.124. The zero-order chi connectivity index (χ0) is 13.3. The fourth-order valence-electron chi connectivity index (χ4n) is 1.79. The van der Waals surface area contributed by atoms with E-state index in [0.29, 0.717) is 33.0 Å². The van der Waals surface area contributed by atoms with Crippen LogP contribution < -0.4 is 15.0 Å². The Morgan fingerprint density at radius 2 is 2.00 bits per heavy atom. The van der Waals surface area contributed by atoms with Crippen molar-refractivity contribution in [2.45, 2.75) is 5.88 Å². The quantitative estimate of drug-likeness (QED) is 0.883. The van der Waals surface area contributed by atoms with Gasteiger partial charge in [0.25, 0.3) is 5.56 Å². The van der Waals surface area contributed by atoms with Crippen molar-refractivity contribution in [2.24, 2.45) is 0 Å².